The molecule has 0 atom stereocenters. The van der Waals surface area contributed by atoms with Crippen molar-refractivity contribution < 1.29 is 36.9 Å². The van der Waals surface area contributed by atoms with Gasteiger partial charge >= 0.3 is 17.1 Å². The van der Waals surface area contributed by atoms with Gasteiger partial charge in [0.2, 0.25) is 0 Å². The molecule has 0 N–H and O–H groups in total. The summed E-state index contributed by atoms with van der Waals surface area (Å²) in [5, 5.41) is 19.2. The number of carbonyl (C=O) groups excluding carboxylic acids is 2. The Kier molecular flexibility index (Phi) is 5.45. The van der Waals surface area contributed by atoms with Gasteiger partial charge in [0.25, 0.3) is 0 Å². The summed E-state index contributed by atoms with van der Waals surface area (Å²) < 4.78 is 0. The minimum absolute atomic E-state index is 0. The van der Waals surface area contributed by atoms with Crippen molar-refractivity contribution in [2.75, 3.05) is 0 Å². The molecule has 0 aromatic heterocycles. The third-order valence-corrected chi connectivity index (χ3v) is 0.707. The first-order valence-electron chi connectivity index (χ1n) is 1.97. The fourth-order valence-electron chi connectivity index (χ4n) is 0.0962. The first kappa shape index (κ1) is 11.3. The van der Waals surface area contributed by atoms with Gasteiger partial charge in [-0.25, -0.2) is 0 Å². The Hall–Kier alpha value is -0.541. The summed E-state index contributed by atoms with van der Waals surface area (Å²) in [6.07, 6.45) is 0. The number of carboxylic acid groups (broad SMARTS) is 2. The van der Waals surface area contributed by atoms with Gasteiger partial charge in [-0.3, -0.25) is 0 Å². The molecule has 0 aromatic carbocycles. The minimum Gasteiger partial charge on any atom is -0.549 e. The molecule has 0 unspecified atom stereocenters. The molecule has 0 spiro atoms. The van der Waals surface area contributed by atoms with Crippen LogP contribution in [0.1, 0.15) is 6.92 Å². The van der Waals surface area contributed by atoms with E-state index in [-0.39, 0.29) is 17.1 Å². The van der Waals surface area contributed by atoms with E-state index in [9.17, 15) is 19.8 Å². The Morgan fingerprint density at radius 3 is 1.44 bits per heavy atom. The second kappa shape index (κ2) is 4.35. The SMILES string of the molecule is CC(C(=O)[O-])C(=O)[O-].[Cu+2]. The van der Waals surface area contributed by atoms with Crippen LogP contribution >= 0.6 is 0 Å². The maximum absolute atomic E-state index is 9.61. The minimum atomic E-state index is -1.62. The number of aliphatic carboxylic acids is 2. The maximum Gasteiger partial charge on any atom is 2.00 e. The summed E-state index contributed by atoms with van der Waals surface area (Å²) in [6, 6.07) is 0. The van der Waals surface area contributed by atoms with Crippen LogP contribution in [0.25, 0.3) is 0 Å². The van der Waals surface area contributed by atoms with E-state index in [1.54, 1.807) is 0 Å². The maximum atomic E-state index is 9.61. The molecule has 4 nitrogen and oxygen atoms in total. The normalized spacial score (nSPS) is 8.22. The topological polar surface area (TPSA) is 80.3 Å². The van der Waals surface area contributed by atoms with Crippen LogP contribution in [0.2, 0.25) is 0 Å². The molecule has 0 aromatic rings. The van der Waals surface area contributed by atoms with Crippen LogP contribution in [0.3, 0.4) is 0 Å². The van der Waals surface area contributed by atoms with Crippen LogP contribution in [0.15, 0.2) is 0 Å². The number of carbonyl (C=O) groups is 2. The molecule has 5 heteroatoms. The fourth-order valence-corrected chi connectivity index (χ4v) is 0.0962. The number of rotatable bonds is 2. The molecule has 0 bridgehead atoms. The van der Waals surface area contributed by atoms with Crippen molar-refractivity contribution in [3.05, 3.63) is 0 Å². The molecule has 55 valence electrons. The van der Waals surface area contributed by atoms with Gasteiger partial charge in [-0.15, -0.1) is 0 Å². The zero-order chi connectivity index (χ0) is 6.73. The molecule has 0 aliphatic rings. The molecule has 0 aliphatic heterocycles. The second-order valence-corrected chi connectivity index (χ2v) is 1.36. The average molecular weight is 180 g/mol. The van der Waals surface area contributed by atoms with Crippen molar-refractivity contribution in [2.45, 2.75) is 6.92 Å². The first-order chi connectivity index (χ1) is 3.55. The van der Waals surface area contributed by atoms with Crippen molar-refractivity contribution in [1.29, 1.82) is 0 Å². The van der Waals surface area contributed by atoms with E-state index in [1.807, 2.05) is 0 Å². The quantitative estimate of drug-likeness (QED) is 0.337. The number of hydrogen-bond donors (Lipinski definition) is 0. The smallest absolute Gasteiger partial charge is 0.549 e. The average Bonchev–Trinajstić information content (AvgIpc) is 1.64. The Balaban J connectivity index is 0. The third kappa shape index (κ3) is 4.00. The molecule has 0 saturated heterocycles. The molecule has 0 amide bonds. The molecule has 9 heavy (non-hydrogen) atoms. The van der Waals surface area contributed by atoms with Crippen LogP contribution in [0.4, 0.5) is 0 Å². The van der Waals surface area contributed by atoms with E-state index in [4.69, 9.17) is 0 Å². The van der Waals surface area contributed by atoms with Gasteiger partial charge in [0.1, 0.15) is 0 Å². The third-order valence-electron chi connectivity index (χ3n) is 0.707. The molecular weight excluding hydrogens is 176 g/mol. The summed E-state index contributed by atoms with van der Waals surface area (Å²) >= 11 is 0. The van der Waals surface area contributed by atoms with Crippen LogP contribution < -0.4 is 10.2 Å². The predicted molar refractivity (Wildman–Crippen MR) is 19.2 cm³/mol. The van der Waals surface area contributed by atoms with Crippen LogP contribution in [0, 0.1) is 5.92 Å². The standard InChI is InChI=1S/C4H6O4.Cu/c1-2(3(5)6)4(7)8;/h2H,1H3,(H,5,6)(H,7,8);/q;+2/p-2. The zero-order valence-electron chi connectivity index (χ0n) is 4.51. The van der Waals surface area contributed by atoms with E-state index in [2.05, 4.69) is 0 Å². The predicted octanol–water partition coefficient (Wildman–Crippen LogP) is -2.88. The van der Waals surface area contributed by atoms with Gasteiger partial charge in [0.05, 0.1) is 0 Å². The molecule has 0 saturated carbocycles. The molecule has 0 rings (SSSR count). The van der Waals surface area contributed by atoms with E-state index in [1.165, 1.54) is 0 Å². The summed E-state index contributed by atoms with van der Waals surface area (Å²) in [5.41, 5.74) is 0. The summed E-state index contributed by atoms with van der Waals surface area (Å²) in [4.78, 5) is 19.2. The second-order valence-electron chi connectivity index (χ2n) is 1.36. The Morgan fingerprint density at radius 1 is 1.22 bits per heavy atom. The molecule has 0 fully saturated rings. The zero-order valence-corrected chi connectivity index (χ0v) is 5.45. The van der Waals surface area contributed by atoms with Gasteiger partial charge in [-0.05, 0) is 0 Å². The van der Waals surface area contributed by atoms with Crippen molar-refractivity contribution in [2.24, 2.45) is 5.92 Å². The van der Waals surface area contributed by atoms with Gasteiger partial charge in [0, 0.05) is 17.9 Å². The van der Waals surface area contributed by atoms with Crippen molar-refractivity contribution in [1.82, 2.24) is 0 Å². The van der Waals surface area contributed by atoms with E-state index >= 15 is 0 Å². The number of carboxylic acids is 2. The first-order valence-corrected chi connectivity index (χ1v) is 1.97. The summed E-state index contributed by atoms with van der Waals surface area (Å²) in [5.74, 6) is -4.76. The molecule has 1 radical (unpaired) electrons. The van der Waals surface area contributed by atoms with E-state index < -0.39 is 17.9 Å². The van der Waals surface area contributed by atoms with Crippen molar-refractivity contribution in [3.8, 4) is 0 Å². The van der Waals surface area contributed by atoms with Gasteiger partial charge in [-0.1, -0.05) is 6.92 Å². The van der Waals surface area contributed by atoms with Crippen molar-refractivity contribution >= 4 is 11.9 Å². The van der Waals surface area contributed by atoms with Crippen LogP contribution in [-0.4, -0.2) is 11.9 Å². The van der Waals surface area contributed by atoms with Gasteiger partial charge in [-0.2, -0.15) is 0 Å². The Labute approximate surface area is 62.3 Å². The van der Waals surface area contributed by atoms with Crippen LogP contribution in [0.5, 0.6) is 0 Å². The molecule has 0 heterocycles. The Bertz CT molecular complexity index is 108. The van der Waals surface area contributed by atoms with E-state index in [0.29, 0.717) is 0 Å². The van der Waals surface area contributed by atoms with E-state index in [0.717, 1.165) is 6.92 Å². The van der Waals surface area contributed by atoms with Crippen molar-refractivity contribution in [3.63, 3.8) is 0 Å². The summed E-state index contributed by atoms with van der Waals surface area (Å²) in [6.45, 7) is 0.991. The molecular formula is C4H4CuO4. The monoisotopic (exact) mass is 179 g/mol. The number of hydrogen-bond acceptors (Lipinski definition) is 4. The van der Waals surface area contributed by atoms with Crippen LogP contribution in [-0.2, 0) is 26.7 Å². The molecule has 0 aliphatic carbocycles. The van der Waals surface area contributed by atoms with Gasteiger partial charge in [0.15, 0.2) is 0 Å². The van der Waals surface area contributed by atoms with Gasteiger partial charge < -0.3 is 19.8 Å². The fraction of sp³-hybridized carbons (Fsp3) is 0.500. The summed E-state index contributed by atoms with van der Waals surface area (Å²) in [7, 11) is 0. The largest absolute Gasteiger partial charge is 2.00 e. The Morgan fingerprint density at radius 2 is 1.44 bits per heavy atom.